The van der Waals surface area contributed by atoms with Crippen LogP contribution in [0.4, 0.5) is 5.69 Å². The summed E-state index contributed by atoms with van der Waals surface area (Å²) in [6.07, 6.45) is 2.01. The van der Waals surface area contributed by atoms with Crippen LogP contribution in [0.3, 0.4) is 0 Å². The number of carbonyl (C=O) groups is 2. The number of rotatable bonds is 5. The third-order valence-electron chi connectivity index (χ3n) is 5.55. The van der Waals surface area contributed by atoms with Gasteiger partial charge in [-0.3, -0.25) is 14.5 Å². The van der Waals surface area contributed by atoms with Crippen LogP contribution in [0.2, 0.25) is 0 Å². The first kappa shape index (κ1) is 19.5. The third kappa shape index (κ3) is 4.31. The molecule has 0 saturated carbocycles. The Bertz CT molecular complexity index is 990. The molecule has 1 saturated heterocycles. The van der Waals surface area contributed by atoms with Crippen molar-refractivity contribution in [2.24, 2.45) is 5.73 Å². The van der Waals surface area contributed by atoms with Crippen molar-refractivity contribution >= 4 is 39.1 Å². The second-order valence-electron chi connectivity index (χ2n) is 7.44. The lowest BCUT2D eigenvalue weighted by Gasteiger charge is -2.34. The van der Waals surface area contributed by atoms with Gasteiger partial charge in [0.25, 0.3) is 0 Å². The lowest BCUT2D eigenvalue weighted by Crippen LogP contribution is -2.45. The van der Waals surface area contributed by atoms with Gasteiger partial charge in [-0.05, 0) is 69.3 Å². The van der Waals surface area contributed by atoms with E-state index in [1.54, 1.807) is 35.6 Å². The topological polar surface area (TPSA) is 88.3 Å². The van der Waals surface area contributed by atoms with Crippen LogP contribution in [-0.2, 0) is 4.79 Å². The van der Waals surface area contributed by atoms with Crippen LogP contribution in [-0.4, -0.2) is 40.8 Å². The minimum atomic E-state index is -0.479. The lowest BCUT2D eigenvalue weighted by atomic mass is 9.96. The number of nitrogens with two attached hydrogens (primary N) is 1. The van der Waals surface area contributed by atoms with Gasteiger partial charge in [0.05, 0.1) is 21.3 Å². The smallest absolute Gasteiger partial charge is 0.248 e. The number of benzene rings is 2. The SMILES string of the molecule is C[C@@H](C(=O)Nc1ccc(C(N)=O)cc1)N1CCC(c2nc3ccccc3s2)CC1. The fraction of sp³-hybridized carbons (Fsp3) is 0.318. The van der Waals surface area contributed by atoms with E-state index in [1.807, 2.05) is 13.0 Å². The number of primary amides is 1. The highest BCUT2D eigenvalue weighted by atomic mass is 32.1. The lowest BCUT2D eigenvalue weighted by molar-refractivity contribution is -0.121. The number of nitrogens with one attached hydrogen (secondary N) is 1. The fourth-order valence-electron chi connectivity index (χ4n) is 3.73. The molecule has 2 aromatic carbocycles. The first-order valence-electron chi connectivity index (χ1n) is 9.81. The normalized spacial score (nSPS) is 16.6. The Kier molecular flexibility index (Phi) is 5.60. The number of carbonyl (C=O) groups excluding carboxylic acids is 2. The molecule has 3 aromatic rings. The standard InChI is InChI=1S/C22H24N4O2S/c1-14(21(28)24-17-8-6-15(7-9-17)20(23)27)26-12-10-16(11-13-26)22-25-18-4-2-3-5-19(18)29-22/h2-9,14,16H,10-13H2,1H3,(H2,23,27)(H,24,28)/t14-/m0/s1. The van der Waals surface area contributed by atoms with E-state index in [-0.39, 0.29) is 11.9 Å². The Morgan fingerprint density at radius 2 is 1.83 bits per heavy atom. The summed E-state index contributed by atoms with van der Waals surface area (Å²) in [5.74, 6) is -0.0669. The molecule has 4 rings (SSSR count). The average molecular weight is 409 g/mol. The monoisotopic (exact) mass is 408 g/mol. The molecule has 0 bridgehead atoms. The number of aromatic nitrogens is 1. The number of nitrogens with zero attached hydrogens (tertiary/aromatic N) is 2. The zero-order chi connectivity index (χ0) is 20.4. The molecule has 2 heterocycles. The van der Waals surface area contributed by atoms with Crippen LogP contribution in [0.1, 0.15) is 41.0 Å². The molecule has 7 heteroatoms. The number of hydrogen-bond acceptors (Lipinski definition) is 5. The minimum absolute atomic E-state index is 0.0461. The molecule has 0 radical (unpaired) electrons. The quantitative estimate of drug-likeness (QED) is 0.675. The van der Waals surface area contributed by atoms with E-state index in [2.05, 4.69) is 28.4 Å². The maximum Gasteiger partial charge on any atom is 0.248 e. The van der Waals surface area contributed by atoms with E-state index in [0.29, 0.717) is 17.2 Å². The van der Waals surface area contributed by atoms with Gasteiger partial charge in [-0.2, -0.15) is 0 Å². The summed E-state index contributed by atoms with van der Waals surface area (Å²) in [5, 5.41) is 4.13. The van der Waals surface area contributed by atoms with Crippen molar-refractivity contribution in [3.8, 4) is 0 Å². The predicted octanol–water partition coefficient (Wildman–Crippen LogP) is 3.60. The molecule has 1 aliphatic rings. The van der Waals surface area contributed by atoms with Gasteiger partial charge < -0.3 is 11.1 Å². The van der Waals surface area contributed by atoms with Crippen molar-refractivity contribution in [2.45, 2.75) is 31.7 Å². The highest BCUT2D eigenvalue weighted by Crippen LogP contribution is 2.34. The summed E-state index contributed by atoms with van der Waals surface area (Å²) >= 11 is 1.78. The van der Waals surface area contributed by atoms with E-state index in [9.17, 15) is 9.59 Å². The summed E-state index contributed by atoms with van der Waals surface area (Å²) in [6, 6.07) is 14.7. The number of para-hydroxylation sites is 1. The Balaban J connectivity index is 1.33. The number of amides is 2. The summed E-state index contributed by atoms with van der Waals surface area (Å²) in [6.45, 7) is 3.68. The molecular formula is C22H24N4O2S. The number of anilines is 1. The van der Waals surface area contributed by atoms with Gasteiger partial charge in [-0.25, -0.2) is 4.98 Å². The van der Waals surface area contributed by atoms with Crippen molar-refractivity contribution in [3.05, 3.63) is 59.1 Å². The van der Waals surface area contributed by atoms with Crippen molar-refractivity contribution < 1.29 is 9.59 Å². The average Bonchev–Trinajstić information content (AvgIpc) is 3.18. The molecule has 0 aliphatic carbocycles. The van der Waals surface area contributed by atoms with Gasteiger partial charge in [0.2, 0.25) is 11.8 Å². The van der Waals surface area contributed by atoms with Crippen LogP contribution < -0.4 is 11.1 Å². The molecule has 2 amide bonds. The Morgan fingerprint density at radius 3 is 2.48 bits per heavy atom. The maximum absolute atomic E-state index is 12.6. The van der Waals surface area contributed by atoms with Crippen LogP contribution in [0, 0.1) is 0 Å². The zero-order valence-corrected chi connectivity index (χ0v) is 17.1. The van der Waals surface area contributed by atoms with Gasteiger partial charge in [0.1, 0.15) is 0 Å². The molecule has 150 valence electrons. The first-order valence-corrected chi connectivity index (χ1v) is 10.6. The Hall–Kier alpha value is -2.77. The fourth-order valence-corrected chi connectivity index (χ4v) is 4.87. The predicted molar refractivity (Wildman–Crippen MR) is 116 cm³/mol. The summed E-state index contributed by atoms with van der Waals surface area (Å²) in [7, 11) is 0. The molecule has 0 unspecified atom stereocenters. The van der Waals surface area contributed by atoms with Crippen molar-refractivity contribution in [2.75, 3.05) is 18.4 Å². The molecule has 3 N–H and O–H groups in total. The van der Waals surface area contributed by atoms with E-state index in [1.165, 1.54) is 9.71 Å². The number of thiazole rings is 1. The molecule has 6 nitrogen and oxygen atoms in total. The zero-order valence-electron chi connectivity index (χ0n) is 16.3. The summed E-state index contributed by atoms with van der Waals surface area (Å²) in [4.78, 5) is 30.8. The Morgan fingerprint density at radius 1 is 1.14 bits per heavy atom. The largest absolute Gasteiger partial charge is 0.366 e. The molecule has 1 aromatic heterocycles. The maximum atomic E-state index is 12.6. The van der Waals surface area contributed by atoms with E-state index in [4.69, 9.17) is 10.7 Å². The van der Waals surface area contributed by atoms with Gasteiger partial charge >= 0.3 is 0 Å². The molecule has 0 spiro atoms. The van der Waals surface area contributed by atoms with Crippen molar-refractivity contribution in [1.82, 2.24) is 9.88 Å². The van der Waals surface area contributed by atoms with E-state index in [0.717, 1.165) is 31.4 Å². The van der Waals surface area contributed by atoms with Crippen LogP contribution in [0.25, 0.3) is 10.2 Å². The van der Waals surface area contributed by atoms with Crippen LogP contribution in [0.15, 0.2) is 48.5 Å². The Labute approximate surface area is 173 Å². The first-order chi connectivity index (χ1) is 14.0. The molecule has 1 aliphatic heterocycles. The third-order valence-corrected chi connectivity index (χ3v) is 6.75. The van der Waals surface area contributed by atoms with Gasteiger partial charge in [-0.15, -0.1) is 11.3 Å². The number of fused-ring (bicyclic) bond motifs is 1. The number of likely N-dealkylation sites (tertiary alicyclic amines) is 1. The van der Waals surface area contributed by atoms with Gasteiger partial charge in [0.15, 0.2) is 0 Å². The second kappa shape index (κ2) is 8.31. The highest BCUT2D eigenvalue weighted by molar-refractivity contribution is 7.18. The second-order valence-corrected chi connectivity index (χ2v) is 8.50. The van der Waals surface area contributed by atoms with Gasteiger partial charge in [0, 0.05) is 17.2 Å². The van der Waals surface area contributed by atoms with Crippen LogP contribution >= 0.6 is 11.3 Å². The summed E-state index contributed by atoms with van der Waals surface area (Å²) < 4.78 is 1.24. The molecule has 1 fully saturated rings. The van der Waals surface area contributed by atoms with Gasteiger partial charge in [-0.1, -0.05) is 12.1 Å². The van der Waals surface area contributed by atoms with Crippen LogP contribution in [0.5, 0.6) is 0 Å². The molecular weight excluding hydrogens is 384 g/mol. The molecule has 1 atom stereocenters. The van der Waals surface area contributed by atoms with Crippen molar-refractivity contribution in [3.63, 3.8) is 0 Å². The number of piperidine rings is 1. The minimum Gasteiger partial charge on any atom is -0.366 e. The molecule has 29 heavy (non-hydrogen) atoms. The van der Waals surface area contributed by atoms with E-state index >= 15 is 0 Å². The summed E-state index contributed by atoms with van der Waals surface area (Å²) in [5.41, 5.74) is 7.41. The van der Waals surface area contributed by atoms with E-state index < -0.39 is 5.91 Å². The van der Waals surface area contributed by atoms with Crippen molar-refractivity contribution in [1.29, 1.82) is 0 Å². The number of hydrogen-bond donors (Lipinski definition) is 2. The highest BCUT2D eigenvalue weighted by Gasteiger charge is 2.28.